The van der Waals surface area contributed by atoms with Crippen LogP contribution >= 0.6 is 0 Å². The number of benzene rings is 1. The lowest BCUT2D eigenvalue weighted by Crippen LogP contribution is -2.51. The molecule has 118 valence electrons. The summed E-state index contributed by atoms with van der Waals surface area (Å²) in [5.74, 6) is -3.74. The highest BCUT2D eigenvalue weighted by Gasteiger charge is 2.40. The highest BCUT2D eigenvalue weighted by molar-refractivity contribution is 5.85. The maximum Gasteiger partial charge on any atom is 0.319 e. The molecule has 6 nitrogen and oxygen atoms in total. The van der Waals surface area contributed by atoms with Crippen LogP contribution in [0.25, 0.3) is 0 Å². The van der Waals surface area contributed by atoms with Gasteiger partial charge in [-0.3, -0.25) is 4.79 Å². The van der Waals surface area contributed by atoms with E-state index in [4.69, 9.17) is 9.47 Å². The second-order valence-corrected chi connectivity index (χ2v) is 4.56. The fourth-order valence-corrected chi connectivity index (χ4v) is 2.25. The van der Waals surface area contributed by atoms with Crippen LogP contribution in [0.3, 0.4) is 0 Å². The summed E-state index contributed by atoms with van der Waals surface area (Å²) in [6.45, 7) is 0. The number of carbonyl (C=O) groups excluding carboxylic acids is 2. The average Bonchev–Trinajstić information content (AvgIpc) is 2.49. The van der Waals surface area contributed by atoms with Gasteiger partial charge in [-0.25, -0.2) is 13.6 Å². The van der Waals surface area contributed by atoms with Crippen molar-refractivity contribution in [2.75, 3.05) is 14.2 Å². The molecule has 0 aliphatic carbocycles. The number of rotatable bonds is 3. The lowest BCUT2D eigenvalue weighted by atomic mass is 9.89. The number of urea groups is 1. The summed E-state index contributed by atoms with van der Waals surface area (Å²) in [5.41, 5.74) is 0.388. The molecule has 2 N–H and O–H groups in total. The second kappa shape index (κ2) is 6.42. The van der Waals surface area contributed by atoms with Crippen molar-refractivity contribution in [3.05, 3.63) is 47.4 Å². The fraction of sp³-hybridized carbons (Fsp3) is 0.286. The molecule has 1 fully saturated rings. The van der Waals surface area contributed by atoms with Crippen molar-refractivity contribution in [3.8, 4) is 0 Å². The van der Waals surface area contributed by atoms with Gasteiger partial charge in [-0.2, -0.15) is 0 Å². The van der Waals surface area contributed by atoms with Gasteiger partial charge >= 0.3 is 12.0 Å². The third-order valence-electron chi connectivity index (χ3n) is 3.22. The Morgan fingerprint density at radius 1 is 1.27 bits per heavy atom. The summed E-state index contributed by atoms with van der Waals surface area (Å²) in [5, 5.41) is 4.92. The van der Waals surface area contributed by atoms with E-state index in [9.17, 15) is 18.4 Å². The molecule has 1 aromatic rings. The van der Waals surface area contributed by atoms with E-state index in [2.05, 4.69) is 10.6 Å². The van der Waals surface area contributed by atoms with Crippen molar-refractivity contribution < 1.29 is 27.8 Å². The maximum absolute atomic E-state index is 13.4. The Balaban J connectivity index is 2.48. The Morgan fingerprint density at radius 3 is 2.59 bits per heavy atom. The van der Waals surface area contributed by atoms with Crippen LogP contribution in [0.1, 0.15) is 11.6 Å². The van der Waals surface area contributed by atoms with Gasteiger partial charge in [-0.05, 0) is 17.7 Å². The van der Waals surface area contributed by atoms with Gasteiger partial charge in [0.15, 0.2) is 11.6 Å². The summed E-state index contributed by atoms with van der Waals surface area (Å²) >= 11 is 0. The van der Waals surface area contributed by atoms with E-state index in [1.54, 1.807) is 0 Å². The first kappa shape index (κ1) is 15.7. The summed E-state index contributed by atoms with van der Waals surface area (Å²) < 4.78 is 36.0. The Bertz CT molecular complexity index is 633. The second-order valence-electron chi connectivity index (χ2n) is 4.56. The molecule has 0 aromatic heterocycles. The van der Waals surface area contributed by atoms with E-state index in [0.717, 1.165) is 12.1 Å². The number of hydrogen-bond acceptors (Lipinski definition) is 4. The molecular formula is C14H14F2N2O4. The van der Waals surface area contributed by atoms with E-state index in [0.29, 0.717) is 0 Å². The molecule has 1 aliphatic heterocycles. The molecule has 22 heavy (non-hydrogen) atoms. The van der Waals surface area contributed by atoms with Crippen LogP contribution in [-0.2, 0) is 14.3 Å². The minimum atomic E-state index is -1.08. The van der Waals surface area contributed by atoms with Gasteiger partial charge in [0.25, 0.3) is 0 Å². The fourth-order valence-electron chi connectivity index (χ4n) is 2.25. The first-order valence-electron chi connectivity index (χ1n) is 6.31. The van der Waals surface area contributed by atoms with E-state index in [1.807, 2.05) is 0 Å². The third kappa shape index (κ3) is 3.00. The Kier molecular flexibility index (Phi) is 4.59. The number of amides is 2. The summed E-state index contributed by atoms with van der Waals surface area (Å²) in [6, 6.07) is 1.62. The zero-order chi connectivity index (χ0) is 16.3. The van der Waals surface area contributed by atoms with Crippen molar-refractivity contribution >= 4 is 12.0 Å². The largest absolute Gasteiger partial charge is 0.503 e. The van der Waals surface area contributed by atoms with Gasteiger partial charge in [0.2, 0.25) is 0 Å². The van der Waals surface area contributed by atoms with Crippen molar-refractivity contribution in [1.82, 2.24) is 10.6 Å². The van der Waals surface area contributed by atoms with E-state index < -0.39 is 35.6 Å². The number of methoxy groups -OCH3 is 2. The molecule has 2 amide bonds. The minimum Gasteiger partial charge on any atom is -0.503 e. The molecule has 1 aliphatic rings. The number of halogens is 2. The molecular weight excluding hydrogens is 298 g/mol. The highest BCUT2D eigenvalue weighted by Crippen LogP contribution is 2.31. The molecule has 0 bridgehead atoms. The minimum absolute atomic E-state index is 0.160. The Labute approximate surface area is 125 Å². The van der Waals surface area contributed by atoms with Crippen LogP contribution in [0.5, 0.6) is 0 Å². The molecule has 8 heteroatoms. The first-order chi connectivity index (χ1) is 10.5. The summed E-state index contributed by atoms with van der Waals surface area (Å²) in [6.07, 6.45) is 1.19. The quantitative estimate of drug-likeness (QED) is 0.656. The number of ether oxygens (including phenoxy) is 2. The molecule has 1 saturated heterocycles. The number of nitrogens with one attached hydrogen (secondary N) is 2. The molecule has 1 heterocycles. The van der Waals surface area contributed by atoms with Gasteiger partial charge in [-0.1, -0.05) is 6.07 Å². The van der Waals surface area contributed by atoms with Crippen molar-refractivity contribution in [2.24, 2.45) is 5.92 Å². The highest BCUT2D eigenvalue weighted by atomic mass is 19.2. The zero-order valence-electron chi connectivity index (χ0n) is 11.9. The van der Waals surface area contributed by atoms with Gasteiger partial charge < -0.3 is 20.1 Å². The predicted octanol–water partition coefficient (Wildman–Crippen LogP) is 1.60. The van der Waals surface area contributed by atoms with Crippen molar-refractivity contribution in [3.63, 3.8) is 0 Å². The van der Waals surface area contributed by atoms with Crippen LogP contribution in [0, 0.1) is 17.6 Å². The third-order valence-corrected chi connectivity index (χ3v) is 3.22. The number of hydrogen-bond donors (Lipinski definition) is 2. The topological polar surface area (TPSA) is 76.7 Å². The smallest absolute Gasteiger partial charge is 0.319 e. The molecule has 0 saturated carbocycles. The number of carbonyl (C=O) groups is 2. The first-order valence-corrected chi connectivity index (χ1v) is 6.31. The van der Waals surface area contributed by atoms with Crippen LogP contribution < -0.4 is 10.6 Å². The van der Waals surface area contributed by atoms with E-state index in [-0.39, 0.29) is 11.3 Å². The van der Waals surface area contributed by atoms with Crippen LogP contribution in [0.15, 0.2) is 30.2 Å². The zero-order valence-corrected chi connectivity index (χ0v) is 11.9. The van der Waals surface area contributed by atoms with Gasteiger partial charge in [-0.15, -0.1) is 0 Å². The van der Waals surface area contributed by atoms with E-state index in [1.165, 1.54) is 26.5 Å². The lowest BCUT2D eigenvalue weighted by molar-refractivity contribution is -0.145. The number of esters is 1. The van der Waals surface area contributed by atoms with Gasteiger partial charge in [0.1, 0.15) is 12.2 Å². The van der Waals surface area contributed by atoms with Crippen LogP contribution in [0.2, 0.25) is 0 Å². The summed E-state index contributed by atoms with van der Waals surface area (Å²) in [4.78, 5) is 23.7. The van der Waals surface area contributed by atoms with Gasteiger partial charge in [0.05, 0.1) is 26.0 Å². The molecule has 1 aromatic carbocycles. The summed E-state index contributed by atoms with van der Waals surface area (Å²) in [7, 11) is 2.54. The standard InChI is InChI=1S/C14H14F2N2O4/c1-21-6-10-11(13(19)22-2)12(18-14(20)17-10)7-3-4-8(15)9(16)5-7/h3-6,11-12H,1-2H3,(H2,17,18,20). The maximum atomic E-state index is 13.4. The molecule has 2 rings (SSSR count). The molecule has 0 radical (unpaired) electrons. The Hall–Kier alpha value is -2.64. The lowest BCUT2D eigenvalue weighted by Gasteiger charge is -2.33. The van der Waals surface area contributed by atoms with Gasteiger partial charge in [0, 0.05) is 0 Å². The molecule has 2 unspecified atom stereocenters. The Morgan fingerprint density at radius 2 is 2.00 bits per heavy atom. The van der Waals surface area contributed by atoms with Crippen molar-refractivity contribution in [1.29, 1.82) is 0 Å². The van der Waals surface area contributed by atoms with Crippen LogP contribution in [0.4, 0.5) is 13.6 Å². The van der Waals surface area contributed by atoms with E-state index >= 15 is 0 Å². The normalized spacial score (nSPS) is 22.7. The van der Waals surface area contributed by atoms with Crippen LogP contribution in [-0.4, -0.2) is 26.2 Å². The average molecular weight is 312 g/mol. The molecule has 2 atom stereocenters. The molecule has 0 spiro atoms. The monoisotopic (exact) mass is 312 g/mol. The predicted molar refractivity (Wildman–Crippen MR) is 71.4 cm³/mol. The van der Waals surface area contributed by atoms with Crippen molar-refractivity contribution in [2.45, 2.75) is 6.04 Å². The SMILES string of the molecule is COC=C1NC(=O)NC(c2ccc(F)c(F)c2)C1C(=O)OC.